The maximum atomic E-state index is 12.0. The second-order valence-electron chi connectivity index (χ2n) is 3.28. The molecule has 0 saturated heterocycles. The number of hydrogen-bond donors (Lipinski definition) is 0. The molecule has 0 amide bonds. The van der Waals surface area contributed by atoms with Crippen molar-refractivity contribution in [2.75, 3.05) is 19.8 Å². The number of carbonyl (C=O) groups excluding carboxylic acids is 3. The molecular formula is C12H15O7P. The summed E-state index contributed by atoms with van der Waals surface area (Å²) >= 11 is 0. The van der Waals surface area contributed by atoms with E-state index in [0.29, 0.717) is 0 Å². The number of rotatable bonds is 12. The van der Waals surface area contributed by atoms with Crippen LogP contribution in [0.25, 0.3) is 0 Å². The summed E-state index contributed by atoms with van der Waals surface area (Å²) in [5.41, 5.74) is 0. The van der Waals surface area contributed by atoms with Gasteiger partial charge in [0.05, 0.1) is 0 Å². The van der Waals surface area contributed by atoms with E-state index in [1.807, 2.05) is 0 Å². The van der Waals surface area contributed by atoms with E-state index in [4.69, 9.17) is 0 Å². The monoisotopic (exact) mass is 302 g/mol. The van der Waals surface area contributed by atoms with Crippen molar-refractivity contribution in [3.63, 3.8) is 0 Å². The van der Waals surface area contributed by atoms with Crippen molar-refractivity contribution in [2.24, 2.45) is 0 Å². The number of hydrogen-bond acceptors (Lipinski definition) is 7. The van der Waals surface area contributed by atoms with E-state index < -0.39 is 45.0 Å². The molecule has 0 heterocycles. The van der Waals surface area contributed by atoms with Gasteiger partial charge in [0.25, 0.3) is 0 Å². The van der Waals surface area contributed by atoms with E-state index in [0.717, 1.165) is 18.2 Å². The van der Waals surface area contributed by atoms with E-state index in [1.54, 1.807) is 0 Å². The zero-order valence-electron chi connectivity index (χ0n) is 10.8. The Morgan fingerprint density at radius 2 is 1.00 bits per heavy atom. The normalized spacial score (nSPS) is 10.6. The van der Waals surface area contributed by atoms with Gasteiger partial charge in [-0.1, -0.05) is 19.7 Å². The first-order chi connectivity index (χ1) is 9.36. The molecule has 0 aliphatic carbocycles. The van der Waals surface area contributed by atoms with Crippen LogP contribution in [0.3, 0.4) is 0 Å². The maximum absolute atomic E-state index is 12.0. The third kappa shape index (κ3) is 7.70. The van der Waals surface area contributed by atoms with E-state index >= 15 is 0 Å². The zero-order chi connectivity index (χ0) is 15.6. The Balaban J connectivity index is 4.68. The number of carbonyl (C=O) groups is 3. The smallest absolute Gasteiger partial charge is 0.292 e. The van der Waals surface area contributed by atoms with Gasteiger partial charge in [-0.05, 0) is 18.2 Å². The van der Waals surface area contributed by atoms with Crippen molar-refractivity contribution < 1.29 is 32.5 Å². The minimum Gasteiger partial charge on any atom is -0.292 e. The summed E-state index contributed by atoms with van der Waals surface area (Å²) in [4.78, 5) is 33.0. The molecule has 0 aromatic rings. The second kappa shape index (κ2) is 9.28. The second-order valence-corrected chi connectivity index (χ2v) is 4.95. The average Bonchev–Trinajstić information content (AvgIpc) is 2.47. The third-order valence-corrected chi connectivity index (χ3v) is 3.11. The lowest BCUT2D eigenvalue weighted by atomic mass is 10.4. The minimum atomic E-state index is -4.23. The standard InChI is InChI=1S/C12H15O7P/c1-4-10(13)7-17-20(16,18-8-11(14)5-2)19-9-12(15)6-3/h4-6H,1-3,7-9H2. The van der Waals surface area contributed by atoms with Crippen molar-refractivity contribution in [3.8, 4) is 0 Å². The number of ketones is 3. The lowest BCUT2D eigenvalue weighted by Crippen LogP contribution is -2.13. The van der Waals surface area contributed by atoms with Crippen LogP contribution >= 0.6 is 7.82 Å². The van der Waals surface area contributed by atoms with Crippen molar-refractivity contribution in [1.29, 1.82) is 0 Å². The first-order valence-corrected chi connectivity index (χ1v) is 6.82. The van der Waals surface area contributed by atoms with Crippen LogP contribution in [-0.4, -0.2) is 37.2 Å². The molecule has 8 heteroatoms. The largest absolute Gasteiger partial charge is 0.476 e. The molecular weight excluding hydrogens is 287 g/mol. The summed E-state index contributed by atoms with van der Waals surface area (Å²) in [5, 5.41) is 0. The molecule has 0 unspecified atom stereocenters. The van der Waals surface area contributed by atoms with E-state index in [2.05, 4.69) is 33.3 Å². The number of phosphoric ester groups is 1. The van der Waals surface area contributed by atoms with Crippen LogP contribution in [0.15, 0.2) is 38.0 Å². The summed E-state index contributed by atoms with van der Waals surface area (Å²) in [7, 11) is -4.23. The molecule has 0 atom stereocenters. The van der Waals surface area contributed by atoms with Crippen LogP contribution < -0.4 is 0 Å². The van der Waals surface area contributed by atoms with Crippen LogP contribution in [0.5, 0.6) is 0 Å². The fourth-order valence-electron chi connectivity index (χ4n) is 0.717. The average molecular weight is 302 g/mol. The third-order valence-electron chi connectivity index (χ3n) is 1.78. The Bertz CT molecular complexity index is 400. The zero-order valence-corrected chi connectivity index (χ0v) is 11.7. The lowest BCUT2D eigenvalue weighted by molar-refractivity contribution is -0.118. The number of phosphoric acid groups is 1. The Labute approximate surface area is 116 Å². The highest BCUT2D eigenvalue weighted by molar-refractivity contribution is 7.48. The van der Waals surface area contributed by atoms with E-state index in [-0.39, 0.29) is 0 Å². The van der Waals surface area contributed by atoms with Gasteiger partial charge in [-0.2, -0.15) is 0 Å². The first-order valence-electron chi connectivity index (χ1n) is 5.36. The Kier molecular flexibility index (Phi) is 8.51. The molecule has 0 aromatic carbocycles. The quantitative estimate of drug-likeness (QED) is 0.397. The van der Waals surface area contributed by atoms with Crippen LogP contribution in [-0.2, 0) is 32.5 Å². The molecule has 0 aromatic heterocycles. The summed E-state index contributed by atoms with van der Waals surface area (Å²) in [6, 6.07) is 0. The van der Waals surface area contributed by atoms with Crippen LogP contribution in [0.4, 0.5) is 0 Å². The van der Waals surface area contributed by atoms with Gasteiger partial charge in [-0.25, -0.2) is 4.57 Å². The molecule has 0 rings (SSSR count). The topological polar surface area (TPSA) is 96.0 Å². The molecule has 0 bridgehead atoms. The predicted molar refractivity (Wildman–Crippen MR) is 71.1 cm³/mol. The Morgan fingerprint density at radius 1 is 0.750 bits per heavy atom. The van der Waals surface area contributed by atoms with Gasteiger partial charge in [-0.15, -0.1) is 0 Å². The van der Waals surface area contributed by atoms with Gasteiger partial charge in [-0.3, -0.25) is 28.0 Å². The van der Waals surface area contributed by atoms with Crippen molar-refractivity contribution >= 4 is 25.2 Å². The fourth-order valence-corrected chi connectivity index (χ4v) is 1.80. The summed E-state index contributed by atoms with van der Waals surface area (Å²) in [5.74, 6) is -1.70. The summed E-state index contributed by atoms with van der Waals surface area (Å²) in [6.07, 6.45) is 2.86. The van der Waals surface area contributed by atoms with Gasteiger partial charge >= 0.3 is 7.82 Å². The molecule has 7 nitrogen and oxygen atoms in total. The van der Waals surface area contributed by atoms with Gasteiger partial charge < -0.3 is 0 Å². The molecule has 0 aliphatic rings. The van der Waals surface area contributed by atoms with Crippen molar-refractivity contribution in [1.82, 2.24) is 0 Å². The predicted octanol–water partition coefficient (Wildman–Crippen LogP) is 1.41. The minimum absolute atomic E-state index is 0.567. The van der Waals surface area contributed by atoms with Gasteiger partial charge in [0.1, 0.15) is 19.8 Å². The van der Waals surface area contributed by atoms with Crippen molar-refractivity contribution in [2.45, 2.75) is 0 Å². The first kappa shape index (κ1) is 18.3. The van der Waals surface area contributed by atoms with Gasteiger partial charge in [0.2, 0.25) is 0 Å². The Hall–Kier alpha value is -1.66. The summed E-state index contributed by atoms with van der Waals surface area (Å²) < 4.78 is 26.1. The molecule has 20 heavy (non-hydrogen) atoms. The van der Waals surface area contributed by atoms with Crippen LogP contribution in [0, 0.1) is 0 Å². The highest BCUT2D eigenvalue weighted by Gasteiger charge is 2.29. The van der Waals surface area contributed by atoms with Gasteiger partial charge in [0, 0.05) is 0 Å². The van der Waals surface area contributed by atoms with Crippen LogP contribution in [0.1, 0.15) is 0 Å². The molecule has 0 radical (unpaired) electrons. The SMILES string of the molecule is C=CC(=O)COP(=O)(OCC(=O)C=C)OCC(=O)C=C. The Morgan fingerprint density at radius 3 is 1.20 bits per heavy atom. The molecule has 0 aliphatic heterocycles. The van der Waals surface area contributed by atoms with Crippen LogP contribution in [0.2, 0.25) is 0 Å². The highest BCUT2D eigenvalue weighted by atomic mass is 31.2. The molecule has 0 fully saturated rings. The molecule has 0 spiro atoms. The van der Waals surface area contributed by atoms with Crippen molar-refractivity contribution in [3.05, 3.63) is 38.0 Å². The van der Waals surface area contributed by atoms with E-state index in [9.17, 15) is 18.9 Å². The highest BCUT2D eigenvalue weighted by Crippen LogP contribution is 2.49. The van der Waals surface area contributed by atoms with Gasteiger partial charge in [0.15, 0.2) is 17.3 Å². The van der Waals surface area contributed by atoms with E-state index in [1.165, 1.54) is 0 Å². The fraction of sp³-hybridized carbons (Fsp3) is 0.250. The molecule has 110 valence electrons. The summed E-state index contributed by atoms with van der Waals surface area (Å²) in [6.45, 7) is 7.74. The molecule has 0 N–H and O–H groups in total. The maximum Gasteiger partial charge on any atom is 0.476 e. The lowest BCUT2D eigenvalue weighted by Gasteiger charge is -2.16. The molecule has 0 saturated carbocycles.